The Labute approximate surface area is 173 Å². The monoisotopic (exact) mass is 449 g/mol. The third kappa shape index (κ3) is 2.92. The van der Waals surface area contributed by atoms with E-state index < -0.39 is 0 Å². The number of ether oxygens (including phenoxy) is 1. The molecule has 3 aromatic heterocycles. The van der Waals surface area contributed by atoms with E-state index >= 15 is 0 Å². The predicted octanol–water partition coefficient (Wildman–Crippen LogP) is 3.69. The van der Waals surface area contributed by atoms with Crippen LogP contribution in [0.1, 0.15) is 0 Å². The highest BCUT2D eigenvalue weighted by Gasteiger charge is 2.20. The van der Waals surface area contributed by atoms with E-state index in [-0.39, 0.29) is 5.56 Å². The first-order valence-corrected chi connectivity index (χ1v) is 9.88. The molecule has 7 nitrogen and oxygen atoms in total. The van der Waals surface area contributed by atoms with Gasteiger partial charge in [-0.05, 0) is 36.4 Å². The summed E-state index contributed by atoms with van der Waals surface area (Å²) in [5, 5.41) is 0.458. The van der Waals surface area contributed by atoms with Crippen molar-refractivity contribution in [2.45, 2.75) is 6.54 Å². The Hall–Kier alpha value is -3.10. The van der Waals surface area contributed by atoms with Gasteiger partial charge in [-0.3, -0.25) is 13.9 Å². The van der Waals surface area contributed by atoms with Gasteiger partial charge in [0.05, 0.1) is 24.2 Å². The molecule has 0 spiro atoms. The van der Waals surface area contributed by atoms with Crippen molar-refractivity contribution >= 4 is 49.2 Å². The van der Waals surface area contributed by atoms with Crippen LogP contribution in [0.3, 0.4) is 0 Å². The summed E-state index contributed by atoms with van der Waals surface area (Å²) in [6, 6.07) is 15.4. The molecule has 0 atom stereocenters. The molecule has 5 rings (SSSR count). The van der Waals surface area contributed by atoms with E-state index in [0.717, 1.165) is 21.2 Å². The van der Waals surface area contributed by atoms with E-state index in [9.17, 15) is 4.79 Å². The topological polar surface area (TPSA) is 74.8 Å². The lowest BCUT2D eigenvalue weighted by Crippen LogP contribution is -2.22. The highest BCUT2D eigenvalue weighted by Crippen LogP contribution is 2.28. The highest BCUT2D eigenvalue weighted by molar-refractivity contribution is 9.10. The molecule has 0 fully saturated rings. The van der Waals surface area contributed by atoms with Crippen molar-refractivity contribution in [3.63, 3.8) is 0 Å². The smallest absolute Gasteiger partial charge is 0.265 e. The first kappa shape index (κ1) is 18.0. The number of hydrogen-bond acceptors (Lipinski definition) is 5. The van der Waals surface area contributed by atoms with Crippen LogP contribution in [0.25, 0.3) is 38.9 Å². The Morgan fingerprint density at radius 2 is 1.72 bits per heavy atom. The maximum absolute atomic E-state index is 13.3. The van der Waals surface area contributed by atoms with E-state index in [1.807, 2.05) is 53.1 Å². The van der Waals surface area contributed by atoms with Crippen LogP contribution in [-0.2, 0) is 11.3 Å². The fourth-order valence-corrected chi connectivity index (χ4v) is 3.72. The van der Waals surface area contributed by atoms with Gasteiger partial charge in [0.15, 0.2) is 11.3 Å². The lowest BCUT2D eigenvalue weighted by Gasteiger charge is -2.07. The fourth-order valence-electron chi connectivity index (χ4n) is 3.46. The third-order valence-electron chi connectivity index (χ3n) is 4.85. The van der Waals surface area contributed by atoms with Crippen LogP contribution in [0.15, 0.2) is 64.1 Å². The van der Waals surface area contributed by atoms with Gasteiger partial charge in [-0.1, -0.05) is 28.1 Å². The average Bonchev–Trinajstić information content (AvgIpc) is 3.06. The zero-order chi connectivity index (χ0) is 20.0. The first-order chi connectivity index (χ1) is 14.2. The maximum atomic E-state index is 13.3. The Morgan fingerprint density at radius 3 is 2.45 bits per heavy atom. The van der Waals surface area contributed by atoms with Crippen LogP contribution in [0.4, 0.5) is 0 Å². The summed E-state index contributed by atoms with van der Waals surface area (Å²) in [5.74, 6) is 0. The molecule has 0 bridgehead atoms. The van der Waals surface area contributed by atoms with E-state index in [0.29, 0.717) is 35.3 Å². The summed E-state index contributed by atoms with van der Waals surface area (Å²) in [7, 11) is 1.61. The SMILES string of the molecule is COCCn1cnc2c(c1=O)c1nc3ccccc3nc1n2-c1ccc(Br)cc1. The van der Waals surface area contributed by atoms with Gasteiger partial charge in [0, 0.05) is 17.3 Å². The summed E-state index contributed by atoms with van der Waals surface area (Å²) < 4.78 is 9.52. The molecule has 144 valence electrons. The molecule has 0 N–H and O–H groups in total. The molecule has 8 heteroatoms. The van der Waals surface area contributed by atoms with Crippen LogP contribution in [-0.4, -0.2) is 37.8 Å². The van der Waals surface area contributed by atoms with Crippen LogP contribution in [0.2, 0.25) is 0 Å². The van der Waals surface area contributed by atoms with E-state index in [1.54, 1.807) is 18.0 Å². The Kier molecular flexibility index (Phi) is 4.37. The van der Waals surface area contributed by atoms with Crippen molar-refractivity contribution < 1.29 is 4.74 Å². The fraction of sp³-hybridized carbons (Fsp3) is 0.143. The second-order valence-electron chi connectivity index (χ2n) is 6.63. The number of nitrogens with zero attached hydrogens (tertiary/aromatic N) is 5. The Bertz CT molecular complexity index is 1420. The number of benzene rings is 2. The van der Waals surface area contributed by atoms with E-state index in [1.165, 1.54) is 0 Å². The maximum Gasteiger partial charge on any atom is 0.265 e. The molecule has 0 aliphatic rings. The van der Waals surface area contributed by atoms with Crippen molar-refractivity contribution in [2.24, 2.45) is 0 Å². The lowest BCUT2D eigenvalue weighted by molar-refractivity contribution is 0.186. The minimum atomic E-state index is -0.155. The number of aromatic nitrogens is 5. The van der Waals surface area contributed by atoms with Gasteiger partial charge in [0.2, 0.25) is 0 Å². The van der Waals surface area contributed by atoms with Gasteiger partial charge in [-0.2, -0.15) is 0 Å². The highest BCUT2D eigenvalue weighted by atomic mass is 79.9. The largest absolute Gasteiger partial charge is 0.383 e. The molecule has 0 radical (unpaired) electrons. The molecular weight excluding hydrogens is 434 g/mol. The zero-order valence-electron chi connectivity index (χ0n) is 15.5. The summed E-state index contributed by atoms with van der Waals surface area (Å²) >= 11 is 3.47. The summed E-state index contributed by atoms with van der Waals surface area (Å²) in [5.41, 5.74) is 3.90. The number of methoxy groups -OCH3 is 1. The molecule has 0 aliphatic heterocycles. The van der Waals surface area contributed by atoms with Crippen molar-refractivity contribution in [1.29, 1.82) is 0 Å². The van der Waals surface area contributed by atoms with Crippen LogP contribution in [0.5, 0.6) is 0 Å². The number of fused-ring (bicyclic) bond motifs is 4. The second kappa shape index (κ2) is 7.06. The third-order valence-corrected chi connectivity index (χ3v) is 5.38. The second-order valence-corrected chi connectivity index (χ2v) is 7.55. The standard InChI is InChI=1S/C21H16BrN5O2/c1-29-11-10-26-12-23-19-17(21(26)28)18-20(25-16-5-3-2-4-15(16)24-18)27(19)14-8-6-13(22)7-9-14/h2-9,12H,10-11H2,1H3. The summed E-state index contributed by atoms with van der Waals surface area (Å²) in [4.78, 5) is 27.5. The molecular formula is C21H16BrN5O2. The molecule has 0 amide bonds. The Balaban J connectivity index is 1.93. The minimum Gasteiger partial charge on any atom is -0.383 e. The number of hydrogen-bond donors (Lipinski definition) is 0. The normalized spacial score (nSPS) is 11.7. The van der Waals surface area contributed by atoms with Gasteiger partial charge in [0.25, 0.3) is 5.56 Å². The average molecular weight is 450 g/mol. The first-order valence-electron chi connectivity index (χ1n) is 9.08. The summed E-state index contributed by atoms with van der Waals surface area (Å²) in [6.07, 6.45) is 1.55. The van der Waals surface area contributed by atoms with Gasteiger partial charge in [-0.25, -0.2) is 15.0 Å². The number of para-hydroxylation sites is 2. The molecule has 0 saturated heterocycles. The minimum absolute atomic E-state index is 0.155. The van der Waals surface area contributed by atoms with Crippen molar-refractivity contribution in [2.75, 3.05) is 13.7 Å². The number of halogens is 1. The molecule has 3 heterocycles. The van der Waals surface area contributed by atoms with Gasteiger partial charge in [-0.15, -0.1) is 0 Å². The number of rotatable bonds is 4. The summed E-state index contributed by atoms with van der Waals surface area (Å²) in [6.45, 7) is 0.845. The van der Waals surface area contributed by atoms with Crippen molar-refractivity contribution in [3.05, 3.63) is 69.7 Å². The zero-order valence-corrected chi connectivity index (χ0v) is 17.1. The quantitative estimate of drug-likeness (QED) is 0.418. The van der Waals surface area contributed by atoms with Crippen molar-refractivity contribution in [1.82, 2.24) is 24.1 Å². The van der Waals surface area contributed by atoms with E-state index in [2.05, 4.69) is 20.9 Å². The molecule has 0 unspecified atom stereocenters. The molecule has 0 aliphatic carbocycles. The lowest BCUT2D eigenvalue weighted by atomic mass is 10.3. The van der Waals surface area contributed by atoms with Crippen LogP contribution < -0.4 is 5.56 Å². The molecule has 5 aromatic rings. The Morgan fingerprint density at radius 1 is 1.00 bits per heavy atom. The molecule has 29 heavy (non-hydrogen) atoms. The van der Waals surface area contributed by atoms with Crippen molar-refractivity contribution in [3.8, 4) is 5.69 Å². The van der Waals surface area contributed by atoms with E-state index in [4.69, 9.17) is 14.7 Å². The van der Waals surface area contributed by atoms with Gasteiger partial charge in [0.1, 0.15) is 17.2 Å². The molecule has 0 saturated carbocycles. The predicted molar refractivity (Wildman–Crippen MR) is 116 cm³/mol. The van der Waals surface area contributed by atoms with Crippen LogP contribution in [0, 0.1) is 0 Å². The van der Waals surface area contributed by atoms with Gasteiger partial charge < -0.3 is 4.74 Å². The van der Waals surface area contributed by atoms with Crippen LogP contribution >= 0.6 is 15.9 Å². The molecule has 2 aromatic carbocycles. The van der Waals surface area contributed by atoms with Gasteiger partial charge >= 0.3 is 0 Å².